The van der Waals surface area contributed by atoms with Crippen LogP contribution in [-0.2, 0) is 71.6 Å². The van der Waals surface area contributed by atoms with Crippen LogP contribution in [0.5, 0.6) is 5.75 Å². The Balaban J connectivity index is 0.000000480. The molecule has 0 unspecified atom stereocenters. The molecule has 0 fully saturated rings. The molecule has 0 aromatic heterocycles. The molecule has 49 heteroatoms. The minimum absolute atomic E-state index is 0.000682. The Morgan fingerprint density at radius 2 is 0.456 bits per heavy atom. The third-order valence-corrected chi connectivity index (χ3v) is 21.0. The molecule has 0 saturated heterocycles. The Morgan fingerprint density at radius 1 is 0.242 bits per heavy atom. The van der Waals surface area contributed by atoms with E-state index >= 15 is 0 Å². The number of aliphatic carboxylic acids is 10. The molecule has 0 bridgehead atoms. The molecule has 46 nitrogen and oxygen atoms in total. The lowest BCUT2D eigenvalue weighted by molar-refractivity contribution is -0.148. The minimum atomic E-state index is -1.57. The highest BCUT2D eigenvalue weighted by Gasteiger charge is 2.33. The number of hydrogen-bond donors (Lipinski definition) is 20. The van der Waals surface area contributed by atoms with E-state index in [0.717, 1.165) is 51.6 Å². The topological polar surface area (TPSA) is 719 Å². The van der Waals surface area contributed by atoms with E-state index in [2.05, 4.69) is 53.2 Å². The molecule has 0 aliphatic heterocycles. The number of amides is 10. The first-order valence-corrected chi connectivity index (χ1v) is 47.2. The largest absolute Gasteiger partial charge is 0.497 e. The molecule has 0 heterocycles. The molecule has 7 rings (SSSR count). The van der Waals surface area contributed by atoms with Crippen molar-refractivity contribution >= 4 is 141 Å². The molecular weight excluding hydrogens is 1970 g/mol. The van der Waals surface area contributed by atoms with Crippen LogP contribution in [0.2, 0.25) is 0 Å². The molecule has 149 heavy (non-hydrogen) atoms. The van der Waals surface area contributed by atoms with Crippen molar-refractivity contribution in [1.82, 2.24) is 53.2 Å². The Morgan fingerprint density at radius 3 is 0.705 bits per heavy atom. The summed E-state index contributed by atoms with van der Waals surface area (Å²) in [6.45, 7) is 9.39. The standard InChI is InChI=1S/C24H30N2O8.C23H28N2O7.C19H25FN2O7.2C17H21FN2O7/c1-3-6-19(22(28)29)26-24(32)34-20(23(30)31)7-4-5-12-25-21(27)17-9-8-16-14-18(33-2)11-10-15(16)13-17;1-2-7-18(21(27)28)25-23(31)32-19(22(29)30)10-5-6-13-24-20(26)17-12-11-15-8-3-4-9-16(15)14-17;1-2-5-14(17(24)25)22-19(28)29-15(18(26)27)6-3-4-11-21-16(23)12-7-9-13(20)10-8-12;2*1-2-3-12(15(22)23)20-17(26)27-13(16(24)25)8-9-19-14(21)10-4-6-11(18)7-5-10/h8-11,13-14,19-20H,3-7,12H2,1-2H3,(H,25,27)(H,26,32)(H,28,29)(H,30,31);3-4,8-9,11-12,14,18-19H,2,5-7,10,13H2,1H3,(H,24,26)(H,25,31)(H,27,28)(H,29,30);7-10,14-15H,2-6,11H2,1H3,(H,21,23)(H,22,28)(H,24,25)(H,26,27);2*4-7,12-13H,2-3,8-9H2,1H3,(H,19,21)(H,20,26)(H,22,23)(H,24,25)/t19-,20-;18-,19-;14-,15-;12-,13+;12-,13-/m00000/s1. The summed E-state index contributed by atoms with van der Waals surface area (Å²) in [5.74, 6) is -15.7. The van der Waals surface area contributed by atoms with Gasteiger partial charge >= 0.3 is 90.2 Å². The SMILES string of the molecule is CCC[C@H](NC(=O)O[C@@H](CCCCNC(=O)c1ccc(F)cc1)C(=O)O)C(=O)O.CCC[C@H](NC(=O)O[C@@H](CCCCNC(=O)c1ccc2cc(OC)ccc2c1)C(=O)O)C(=O)O.CCC[C@H](NC(=O)O[C@@H](CCCCNC(=O)c1ccc2ccccc2c1)C(=O)O)C(=O)O.CCC[C@H](NC(=O)O[C@@H](CCNC(=O)c1ccc(F)cc1)C(=O)O)C(=O)O.CCC[C@H](NC(=O)O[C@H](CCNC(=O)c1ccc(F)cc1)C(=O)O)C(=O)O. The lowest BCUT2D eigenvalue weighted by Gasteiger charge is -2.17. The van der Waals surface area contributed by atoms with Crippen molar-refractivity contribution in [3.05, 3.63) is 197 Å². The maximum absolute atomic E-state index is 12.8. The van der Waals surface area contributed by atoms with Crippen molar-refractivity contribution in [2.24, 2.45) is 0 Å². The second kappa shape index (κ2) is 69.1. The first kappa shape index (κ1) is 126. The number of methoxy groups -OCH3 is 1. The van der Waals surface area contributed by atoms with Crippen LogP contribution >= 0.6 is 0 Å². The molecule has 10 amide bonds. The van der Waals surface area contributed by atoms with Gasteiger partial charge in [-0.1, -0.05) is 109 Å². The normalized spacial score (nSPS) is 12.5. The fraction of sp³-hybridized carbons (Fsp3) is 0.420. The molecule has 0 radical (unpaired) electrons. The van der Waals surface area contributed by atoms with Gasteiger partial charge in [0.25, 0.3) is 29.5 Å². The Labute approximate surface area is 852 Å². The van der Waals surface area contributed by atoms with Crippen LogP contribution in [-0.4, -0.2) is 271 Å². The van der Waals surface area contributed by atoms with Gasteiger partial charge in [0.1, 0.15) is 53.4 Å². The van der Waals surface area contributed by atoms with Gasteiger partial charge < -0.3 is 133 Å². The van der Waals surface area contributed by atoms with Crippen LogP contribution in [0.3, 0.4) is 0 Å². The molecule has 0 aliphatic carbocycles. The summed E-state index contributed by atoms with van der Waals surface area (Å²) >= 11 is 0. The van der Waals surface area contributed by atoms with Crippen LogP contribution in [0.1, 0.15) is 221 Å². The summed E-state index contributed by atoms with van der Waals surface area (Å²) in [5, 5.41) is 119. The number of carbonyl (C=O) groups excluding carboxylic acids is 10. The van der Waals surface area contributed by atoms with Crippen LogP contribution in [0, 0.1) is 17.5 Å². The fourth-order valence-corrected chi connectivity index (χ4v) is 13.2. The quantitative estimate of drug-likeness (QED) is 0.0124. The van der Waals surface area contributed by atoms with E-state index in [9.17, 15) is 119 Å². The smallest absolute Gasteiger partial charge is 0.408 e. The number of unbranched alkanes of at least 4 members (excludes halogenated alkanes) is 3. The number of nitrogens with one attached hydrogen (secondary N) is 10. The second-order valence-electron chi connectivity index (χ2n) is 32.6. The lowest BCUT2D eigenvalue weighted by Crippen LogP contribution is -2.43. The number of benzene rings is 7. The summed E-state index contributed by atoms with van der Waals surface area (Å²) in [6.07, 6.45) is -7.44. The van der Waals surface area contributed by atoms with Crippen molar-refractivity contribution in [2.45, 2.75) is 230 Å². The first-order valence-electron chi connectivity index (χ1n) is 47.2. The zero-order valence-electron chi connectivity index (χ0n) is 82.3. The molecule has 0 aliphatic rings. The van der Waals surface area contributed by atoms with E-state index in [1.165, 1.54) is 48.5 Å². The predicted molar refractivity (Wildman–Crippen MR) is 523 cm³/mol. The Kier molecular flexibility index (Phi) is 58.6. The molecule has 0 saturated carbocycles. The third kappa shape index (κ3) is 50.4. The number of hydrogen-bond acceptors (Lipinski definition) is 26. The number of halogens is 3. The Bertz CT molecular complexity index is 5490. The molecule has 812 valence electrons. The van der Waals surface area contributed by atoms with Gasteiger partial charge in [-0.2, -0.15) is 0 Å². The maximum atomic E-state index is 12.8. The molecule has 0 spiro atoms. The van der Waals surface area contributed by atoms with E-state index in [0.29, 0.717) is 100 Å². The highest BCUT2D eigenvalue weighted by molar-refractivity contribution is 6.01. The first-order chi connectivity index (χ1) is 70.8. The van der Waals surface area contributed by atoms with Crippen molar-refractivity contribution in [3.8, 4) is 5.75 Å². The summed E-state index contributed by atoms with van der Waals surface area (Å²) in [4.78, 5) is 231. The summed E-state index contributed by atoms with van der Waals surface area (Å²) in [5.41, 5.74) is 1.71. The van der Waals surface area contributed by atoms with Gasteiger partial charge in [0.05, 0.1) is 7.11 Å². The van der Waals surface area contributed by atoms with Crippen LogP contribution in [0.25, 0.3) is 21.5 Å². The lowest BCUT2D eigenvalue weighted by atomic mass is 10.1. The highest BCUT2D eigenvalue weighted by atomic mass is 19.1. The zero-order valence-corrected chi connectivity index (χ0v) is 82.3. The van der Waals surface area contributed by atoms with Crippen molar-refractivity contribution in [3.63, 3.8) is 0 Å². The number of alkyl carbamates (subject to hydrolysis) is 5. The average molecular weight is 2100 g/mol. The van der Waals surface area contributed by atoms with E-state index in [-0.39, 0.29) is 113 Å². The van der Waals surface area contributed by atoms with Gasteiger partial charge in [-0.15, -0.1) is 0 Å². The molecule has 7 aromatic carbocycles. The Hall–Kier alpha value is -17.0. The monoisotopic (exact) mass is 2100 g/mol. The van der Waals surface area contributed by atoms with Gasteiger partial charge in [0, 0.05) is 73.4 Å². The van der Waals surface area contributed by atoms with Crippen molar-refractivity contribution < 1.29 is 189 Å². The molecule has 7 aromatic rings. The van der Waals surface area contributed by atoms with Crippen molar-refractivity contribution in [2.75, 3.05) is 39.8 Å². The van der Waals surface area contributed by atoms with Gasteiger partial charge in [-0.25, -0.2) is 85.1 Å². The minimum Gasteiger partial charge on any atom is -0.497 e. The molecule has 10 atom stereocenters. The summed E-state index contributed by atoms with van der Waals surface area (Å²) in [6, 6.07) is 32.8. The second-order valence-corrected chi connectivity index (χ2v) is 32.6. The number of carboxylic acid groups (broad SMARTS) is 10. The van der Waals surface area contributed by atoms with Gasteiger partial charge in [-0.3, -0.25) is 24.0 Å². The van der Waals surface area contributed by atoms with E-state index in [1.54, 1.807) is 66.0 Å². The number of carboxylic acids is 10. The van der Waals surface area contributed by atoms with E-state index in [4.69, 9.17) is 69.3 Å². The number of ether oxygens (including phenoxy) is 6. The molecular formula is C100H125F3N10O36. The van der Waals surface area contributed by atoms with Crippen LogP contribution < -0.4 is 57.9 Å². The van der Waals surface area contributed by atoms with Gasteiger partial charge in [0.15, 0.2) is 0 Å². The van der Waals surface area contributed by atoms with E-state index < -0.39 is 180 Å². The zero-order chi connectivity index (χ0) is 111. The number of carbonyl (C=O) groups is 20. The fourth-order valence-electron chi connectivity index (χ4n) is 13.2. The van der Waals surface area contributed by atoms with Gasteiger partial charge in [-0.05, 0) is 221 Å². The highest BCUT2D eigenvalue weighted by Crippen LogP contribution is 2.24. The van der Waals surface area contributed by atoms with Crippen LogP contribution in [0.4, 0.5) is 37.1 Å². The number of fused-ring (bicyclic) bond motifs is 2. The average Bonchev–Trinajstić information content (AvgIpc) is 0.818. The third-order valence-electron chi connectivity index (χ3n) is 21.0. The maximum Gasteiger partial charge on any atom is 0.408 e. The van der Waals surface area contributed by atoms with Crippen LogP contribution in [0.15, 0.2) is 152 Å². The van der Waals surface area contributed by atoms with E-state index in [1.807, 2.05) is 54.6 Å². The van der Waals surface area contributed by atoms with Gasteiger partial charge in [0.2, 0.25) is 30.5 Å². The predicted octanol–water partition coefficient (Wildman–Crippen LogP) is 11.3. The number of rotatable bonds is 57. The molecule has 20 N–H and O–H groups in total. The van der Waals surface area contributed by atoms with Crippen molar-refractivity contribution in [1.29, 1.82) is 0 Å². The summed E-state index contributed by atoms with van der Waals surface area (Å²) in [7, 11) is 1.59. The summed E-state index contributed by atoms with van der Waals surface area (Å²) < 4.78 is 67.7.